The third-order valence-corrected chi connectivity index (χ3v) is 3.28. The molecule has 0 aliphatic carbocycles. The molecule has 0 unspecified atom stereocenters. The van der Waals surface area contributed by atoms with Gasteiger partial charge in [-0.2, -0.15) is 4.52 Å². The van der Waals surface area contributed by atoms with Gasteiger partial charge in [-0.25, -0.2) is 0 Å². The van der Waals surface area contributed by atoms with Gasteiger partial charge in [0, 0.05) is 26.0 Å². The van der Waals surface area contributed by atoms with Gasteiger partial charge in [-0.3, -0.25) is 4.98 Å². The maximum absolute atomic E-state index is 4.55. The average molecular weight is 268 g/mol. The summed E-state index contributed by atoms with van der Waals surface area (Å²) in [5.74, 6) is 1.71. The van der Waals surface area contributed by atoms with E-state index in [9.17, 15) is 0 Å². The molecule has 3 aromatic heterocycles. The van der Waals surface area contributed by atoms with Crippen LogP contribution in [0.1, 0.15) is 11.4 Å². The Bertz CT molecular complexity index is 706. The summed E-state index contributed by atoms with van der Waals surface area (Å²) < 4.78 is 1.76. The van der Waals surface area contributed by atoms with E-state index in [1.165, 1.54) is 5.56 Å². The van der Waals surface area contributed by atoms with Crippen molar-refractivity contribution in [3.05, 3.63) is 48.0 Å². The lowest BCUT2D eigenvalue weighted by molar-refractivity contribution is 0.807. The molecule has 0 bridgehead atoms. The summed E-state index contributed by atoms with van der Waals surface area (Å²) in [5.41, 5.74) is 2.04. The second kappa shape index (κ2) is 5.24. The van der Waals surface area contributed by atoms with E-state index in [1.54, 1.807) is 4.52 Å². The van der Waals surface area contributed by atoms with Crippen LogP contribution in [-0.4, -0.2) is 38.4 Å². The van der Waals surface area contributed by atoms with E-state index in [4.69, 9.17) is 0 Å². The molecule has 3 rings (SSSR count). The van der Waals surface area contributed by atoms with Crippen LogP contribution in [0.3, 0.4) is 0 Å². The minimum atomic E-state index is 0.772. The van der Waals surface area contributed by atoms with Crippen molar-refractivity contribution in [2.24, 2.45) is 0 Å². The number of hydrogen-bond acceptors (Lipinski definition) is 5. The van der Waals surface area contributed by atoms with Crippen molar-refractivity contribution in [3.63, 3.8) is 0 Å². The van der Waals surface area contributed by atoms with Crippen LogP contribution in [0, 0.1) is 6.92 Å². The normalized spacial score (nSPS) is 10.9. The molecule has 0 aliphatic rings. The summed E-state index contributed by atoms with van der Waals surface area (Å²) in [4.78, 5) is 6.15. The van der Waals surface area contributed by atoms with E-state index < -0.39 is 0 Å². The summed E-state index contributed by atoms with van der Waals surface area (Å²) in [6, 6.07) is 7.98. The molecule has 20 heavy (non-hydrogen) atoms. The highest BCUT2D eigenvalue weighted by Crippen LogP contribution is 2.11. The van der Waals surface area contributed by atoms with Crippen LogP contribution >= 0.6 is 0 Å². The van der Waals surface area contributed by atoms with Crippen LogP contribution in [0.15, 0.2) is 36.7 Å². The lowest BCUT2D eigenvalue weighted by Gasteiger charge is -2.17. The Balaban J connectivity index is 1.75. The largest absolute Gasteiger partial charge is 0.358 e. The Morgan fingerprint density at radius 2 is 1.90 bits per heavy atom. The third-order valence-electron chi connectivity index (χ3n) is 3.28. The monoisotopic (exact) mass is 268 g/mol. The Labute approximate surface area is 117 Å². The van der Waals surface area contributed by atoms with Crippen LogP contribution < -0.4 is 4.90 Å². The van der Waals surface area contributed by atoms with Gasteiger partial charge in [0.2, 0.25) is 0 Å². The van der Waals surface area contributed by atoms with Gasteiger partial charge in [0.15, 0.2) is 11.5 Å². The molecule has 0 atom stereocenters. The molecule has 0 saturated heterocycles. The van der Waals surface area contributed by atoms with Gasteiger partial charge in [0.25, 0.3) is 0 Å². The van der Waals surface area contributed by atoms with Gasteiger partial charge < -0.3 is 4.90 Å². The SMILES string of the molecule is Cc1nnc2ccc(N(C)CCc3ccncc3)nn12. The van der Waals surface area contributed by atoms with E-state index in [0.29, 0.717) is 0 Å². The van der Waals surface area contributed by atoms with E-state index >= 15 is 0 Å². The lowest BCUT2D eigenvalue weighted by Crippen LogP contribution is -2.22. The lowest BCUT2D eigenvalue weighted by atomic mass is 10.2. The Morgan fingerprint density at radius 1 is 1.10 bits per heavy atom. The minimum absolute atomic E-state index is 0.772. The first-order chi connectivity index (χ1) is 9.74. The number of aromatic nitrogens is 5. The van der Waals surface area contributed by atoms with Gasteiger partial charge in [-0.15, -0.1) is 15.3 Å². The number of fused-ring (bicyclic) bond motifs is 1. The zero-order chi connectivity index (χ0) is 13.9. The minimum Gasteiger partial charge on any atom is -0.358 e. The average Bonchev–Trinajstić information content (AvgIpc) is 2.87. The number of likely N-dealkylation sites (N-methyl/N-ethyl adjacent to an activating group) is 1. The fourth-order valence-electron chi connectivity index (χ4n) is 2.05. The van der Waals surface area contributed by atoms with E-state index in [2.05, 4.69) is 25.2 Å². The highest BCUT2D eigenvalue weighted by molar-refractivity contribution is 5.45. The molecule has 6 nitrogen and oxygen atoms in total. The van der Waals surface area contributed by atoms with Crippen LogP contribution in [0.25, 0.3) is 5.65 Å². The molecule has 3 aromatic rings. The molecule has 0 fully saturated rings. The van der Waals surface area contributed by atoms with Crippen molar-refractivity contribution >= 4 is 11.5 Å². The van der Waals surface area contributed by atoms with E-state index in [1.807, 2.05) is 50.6 Å². The predicted octanol–water partition coefficient (Wildman–Crippen LogP) is 1.51. The molecule has 102 valence electrons. The van der Waals surface area contributed by atoms with Crippen LogP contribution in [-0.2, 0) is 6.42 Å². The Kier molecular flexibility index (Phi) is 3.28. The first kappa shape index (κ1) is 12.5. The molecular formula is C14H16N6. The Morgan fingerprint density at radius 3 is 2.70 bits per heavy atom. The second-order valence-electron chi connectivity index (χ2n) is 4.74. The standard InChI is InChI=1S/C14H16N6/c1-11-16-17-13-3-4-14(18-20(11)13)19(2)10-7-12-5-8-15-9-6-12/h3-6,8-9H,7,10H2,1-2H3. The number of anilines is 1. The Hall–Kier alpha value is -2.50. The third kappa shape index (κ3) is 2.45. The highest BCUT2D eigenvalue weighted by Gasteiger charge is 2.07. The number of aryl methyl sites for hydroxylation is 1. The fraction of sp³-hybridized carbons (Fsp3) is 0.286. The molecule has 6 heteroatoms. The number of pyridine rings is 1. The summed E-state index contributed by atoms with van der Waals surface area (Å²) in [6.07, 6.45) is 4.60. The molecule has 0 saturated carbocycles. The quantitative estimate of drug-likeness (QED) is 0.717. The summed E-state index contributed by atoms with van der Waals surface area (Å²) in [5, 5.41) is 12.6. The highest BCUT2D eigenvalue weighted by atomic mass is 15.4. The molecule has 0 spiro atoms. The maximum atomic E-state index is 4.55. The van der Waals surface area contributed by atoms with E-state index in [-0.39, 0.29) is 0 Å². The molecule has 0 N–H and O–H groups in total. The second-order valence-corrected chi connectivity index (χ2v) is 4.74. The summed E-state index contributed by atoms with van der Waals surface area (Å²) in [7, 11) is 2.04. The van der Waals surface area contributed by atoms with Crippen LogP contribution in [0.2, 0.25) is 0 Å². The topological polar surface area (TPSA) is 59.2 Å². The van der Waals surface area contributed by atoms with Crippen molar-refractivity contribution in [2.75, 3.05) is 18.5 Å². The maximum Gasteiger partial charge on any atom is 0.178 e. The first-order valence-electron chi connectivity index (χ1n) is 6.53. The van der Waals surface area contributed by atoms with Crippen molar-refractivity contribution in [3.8, 4) is 0 Å². The summed E-state index contributed by atoms with van der Waals surface area (Å²) in [6.45, 7) is 2.79. The smallest absolute Gasteiger partial charge is 0.178 e. The number of rotatable bonds is 4. The van der Waals surface area contributed by atoms with E-state index in [0.717, 1.165) is 30.3 Å². The van der Waals surface area contributed by atoms with Crippen molar-refractivity contribution in [2.45, 2.75) is 13.3 Å². The molecule has 3 heterocycles. The van der Waals surface area contributed by atoms with Gasteiger partial charge >= 0.3 is 0 Å². The van der Waals surface area contributed by atoms with Crippen LogP contribution in [0.4, 0.5) is 5.82 Å². The fourth-order valence-corrected chi connectivity index (χ4v) is 2.05. The molecule has 0 aliphatic heterocycles. The zero-order valence-corrected chi connectivity index (χ0v) is 11.6. The van der Waals surface area contributed by atoms with Gasteiger partial charge in [-0.05, 0) is 43.2 Å². The van der Waals surface area contributed by atoms with Gasteiger partial charge in [-0.1, -0.05) is 0 Å². The first-order valence-corrected chi connectivity index (χ1v) is 6.53. The van der Waals surface area contributed by atoms with Crippen LogP contribution in [0.5, 0.6) is 0 Å². The number of hydrogen-bond donors (Lipinski definition) is 0. The zero-order valence-electron chi connectivity index (χ0n) is 11.6. The predicted molar refractivity (Wildman–Crippen MR) is 76.7 cm³/mol. The summed E-state index contributed by atoms with van der Waals surface area (Å²) >= 11 is 0. The molecule has 0 amide bonds. The number of nitrogens with zero attached hydrogens (tertiary/aromatic N) is 6. The van der Waals surface area contributed by atoms with Gasteiger partial charge in [0.05, 0.1) is 0 Å². The van der Waals surface area contributed by atoms with Gasteiger partial charge in [0.1, 0.15) is 5.82 Å². The molecule has 0 aromatic carbocycles. The molecular weight excluding hydrogens is 252 g/mol. The van der Waals surface area contributed by atoms with Crippen molar-refractivity contribution < 1.29 is 0 Å². The van der Waals surface area contributed by atoms with Crippen molar-refractivity contribution in [1.29, 1.82) is 0 Å². The van der Waals surface area contributed by atoms with Crippen molar-refractivity contribution in [1.82, 2.24) is 24.8 Å². The molecule has 0 radical (unpaired) electrons.